The summed E-state index contributed by atoms with van der Waals surface area (Å²) >= 11 is 0. The van der Waals surface area contributed by atoms with Gasteiger partial charge in [-0.2, -0.15) is 5.10 Å². The lowest BCUT2D eigenvalue weighted by Gasteiger charge is -2.26. The van der Waals surface area contributed by atoms with E-state index in [-0.39, 0.29) is 17.2 Å². The number of fused-ring (bicyclic) bond motifs is 1. The van der Waals surface area contributed by atoms with E-state index in [0.29, 0.717) is 44.5 Å². The Hall–Kier alpha value is -2.41. The van der Waals surface area contributed by atoms with E-state index in [4.69, 9.17) is 9.47 Å². The van der Waals surface area contributed by atoms with Crippen LogP contribution in [-0.4, -0.2) is 58.5 Å². The maximum absolute atomic E-state index is 12.7. The Morgan fingerprint density at radius 2 is 2.38 bits per heavy atom. The summed E-state index contributed by atoms with van der Waals surface area (Å²) in [6, 6.07) is 7.35. The third-order valence-corrected chi connectivity index (χ3v) is 4.89. The number of amides is 1. The average molecular weight is 328 g/mol. The van der Waals surface area contributed by atoms with Crippen molar-refractivity contribution in [1.82, 2.24) is 19.7 Å². The summed E-state index contributed by atoms with van der Waals surface area (Å²) in [6.07, 6.45) is 3.49. The molecule has 24 heavy (non-hydrogen) atoms. The van der Waals surface area contributed by atoms with Gasteiger partial charge in [0.15, 0.2) is 0 Å². The van der Waals surface area contributed by atoms with Gasteiger partial charge in [-0.1, -0.05) is 6.07 Å². The summed E-state index contributed by atoms with van der Waals surface area (Å²) in [5.41, 5.74) is 0.321. The van der Waals surface area contributed by atoms with Crippen LogP contribution in [-0.2, 0) is 11.8 Å². The molecule has 2 aliphatic heterocycles. The molecule has 2 atom stereocenters. The van der Waals surface area contributed by atoms with Crippen LogP contribution < -0.4 is 4.74 Å². The van der Waals surface area contributed by atoms with Gasteiger partial charge in [0.05, 0.1) is 25.2 Å². The lowest BCUT2D eigenvalue weighted by atomic mass is 9.82. The number of hydrogen-bond acceptors (Lipinski definition) is 5. The minimum absolute atomic E-state index is 0.0257. The molecule has 7 nitrogen and oxygen atoms in total. The van der Waals surface area contributed by atoms with E-state index in [1.54, 1.807) is 23.1 Å². The molecular weight excluding hydrogens is 308 g/mol. The third-order valence-electron chi connectivity index (χ3n) is 4.89. The maximum Gasteiger partial charge on any atom is 0.274 e. The Balaban J connectivity index is 1.47. The predicted octanol–water partition coefficient (Wildman–Crippen LogP) is 0.983. The van der Waals surface area contributed by atoms with E-state index < -0.39 is 0 Å². The number of pyridine rings is 1. The molecule has 4 heterocycles. The zero-order valence-corrected chi connectivity index (χ0v) is 13.6. The van der Waals surface area contributed by atoms with Gasteiger partial charge in [0.1, 0.15) is 5.69 Å². The smallest absolute Gasteiger partial charge is 0.274 e. The van der Waals surface area contributed by atoms with E-state index in [2.05, 4.69) is 10.1 Å². The first kappa shape index (κ1) is 15.1. The molecule has 1 amide bonds. The molecule has 0 saturated carbocycles. The second-order valence-corrected chi connectivity index (χ2v) is 6.59. The number of rotatable bonds is 4. The van der Waals surface area contributed by atoms with Gasteiger partial charge in [0.2, 0.25) is 5.88 Å². The Labute approximate surface area is 140 Å². The van der Waals surface area contributed by atoms with Crippen LogP contribution in [0.5, 0.6) is 5.88 Å². The van der Waals surface area contributed by atoms with Gasteiger partial charge in [-0.15, -0.1) is 0 Å². The van der Waals surface area contributed by atoms with E-state index in [0.717, 1.165) is 0 Å². The number of nitrogens with zero attached hydrogens (tertiary/aromatic N) is 4. The normalized spacial score (nSPS) is 25.7. The molecule has 2 saturated heterocycles. The fourth-order valence-electron chi connectivity index (χ4n) is 3.53. The van der Waals surface area contributed by atoms with E-state index >= 15 is 0 Å². The van der Waals surface area contributed by atoms with Crippen molar-refractivity contribution in [3.63, 3.8) is 0 Å². The number of ether oxygens (including phenoxy) is 2. The number of carbonyl (C=O) groups excluding carboxylic acids is 1. The Kier molecular flexibility index (Phi) is 3.72. The van der Waals surface area contributed by atoms with Crippen LogP contribution in [0, 0.1) is 11.3 Å². The summed E-state index contributed by atoms with van der Waals surface area (Å²) in [5, 5.41) is 4.22. The molecule has 2 aromatic heterocycles. The number of likely N-dealkylation sites (tertiary alicyclic amines) is 1. The molecular formula is C17H20N4O3. The fourth-order valence-corrected chi connectivity index (χ4v) is 3.53. The summed E-state index contributed by atoms with van der Waals surface area (Å²) < 4.78 is 13.2. The van der Waals surface area contributed by atoms with E-state index in [1.807, 2.05) is 30.1 Å². The lowest BCUT2D eigenvalue weighted by Crippen LogP contribution is -2.38. The molecule has 0 aromatic carbocycles. The Morgan fingerprint density at radius 3 is 3.12 bits per heavy atom. The molecule has 0 radical (unpaired) electrons. The van der Waals surface area contributed by atoms with Crippen molar-refractivity contribution in [3.05, 3.63) is 42.4 Å². The van der Waals surface area contributed by atoms with Crippen LogP contribution in [0.4, 0.5) is 0 Å². The van der Waals surface area contributed by atoms with Crippen molar-refractivity contribution < 1.29 is 14.3 Å². The van der Waals surface area contributed by atoms with Crippen molar-refractivity contribution in [1.29, 1.82) is 0 Å². The summed E-state index contributed by atoms with van der Waals surface area (Å²) in [7, 11) is 1.81. The van der Waals surface area contributed by atoms with Gasteiger partial charge < -0.3 is 14.4 Å². The first-order valence-corrected chi connectivity index (χ1v) is 8.07. The van der Waals surface area contributed by atoms with Crippen LogP contribution in [0.2, 0.25) is 0 Å². The predicted molar refractivity (Wildman–Crippen MR) is 85.6 cm³/mol. The molecule has 0 unspecified atom stereocenters. The van der Waals surface area contributed by atoms with Gasteiger partial charge in [0.25, 0.3) is 5.91 Å². The van der Waals surface area contributed by atoms with Crippen molar-refractivity contribution >= 4 is 5.91 Å². The minimum atomic E-state index is -0.165. The second-order valence-electron chi connectivity index (χ2n) is 6.59. The first-order valence-electron chi connectivity index (χ1n) is 8.07. The van der Waals surface area contributed by atoms with Crippen LogP contribution >= 0.6 is 0 Å². The topological polar surface area (TPSA) is 69.5 Å². The zero-order valence-electron chi connectivity index (χ0n) is 13.6. The highest BCUT2D eigenvalue weighted by atomic mass is 16.5. The maximum atomic E-state index is 12.7. The molecule has 4 rings (SSSR count). The van der Waals surface area contributed by atoms with E-state index in [9.17, 15) is 4.79 Å². The van der Waals surface area contributed by atoms with Gasteiger partial charge in [-0.25, -0.2) is 4.98 Å². The number of hydrogen-bond donors (Lipinski definition) is 0. The fraction of sp³-hybridized carbons (Fsp3) is 0.471. The van der Waals surface area contributed by atoms with Gasteiger partial charge in [-0.3, -0.25) is 9.48 Å². The highest BCUT2D eigenvalue weighted by molar-refractivity contribution is 5.92. The summed E-state index contributed by atoms with van der Waals surface area (Å²) in [5.74, 6) is 0.864. The van der Waals surface area contributed by atoms with Crippen molar-refractivity contribution in [3.8, 4) is 5.88 Å². The first-order chi connectivity index (χ1) is 11.7. The molecule has 0 bridgehead atoms. The van der Waals surface area contributed by atoms with Crippen LogP contribution in [0.15, 0.2) is 36.7 Å². The SMILES string of the molecule is Cn1ccc(C(=O)N2C[C@@H]3COC[C@]3(COc3ccccn3)C2)n1. The third kappa shape index (κ3) is 2.65. The van der Waals surface area contributed by atoms with E-state index in [1.165, 1.54) is 0 Å². The lowest BCUT2D eigenvalue weighted by molar-refractivity contribution is 0.0650. The van der Waals surface area contributed by atoms with Crippen molar-refractivity contribution in [2.75, 3.05) is 32.9 Å². The molecule has 0 aliphatic carbocycles. The highest BCUT2D eigenvalue weighted by Gasteiger charge is 2.52. The summed E-state index contributed by atoms with van der Waals surface area (Å²) in [4.78, 5) is 18.7. The Bertz CT molecular complexity index is 732. The molecule has 2 aliphatic rings. The van der Waals surface area contributed by atoms with Crippen molar-refractivity contribution in [2.45, 2.75) is 0 Å². The Morgan fingerprint density at radius 1 is 1.46 bits per heavy atom. The standard InChI is InChI=1S/C17H20N4O3/c1-20-7-5-14(19-20)16(22)21-8-13-9-23-11-17(13,10-21)12-24-15-4-2-3-6-18-15/h2-7,13H,8-12H2,1H3/t13-,17+/m1/s1. The van der Waals surface area contributed by atoms with Crippen LogP contribution in [0.1, 0.15) is 10.5 Å². The van der Waals surface area contributed by atoms with Gasteiger partial charge in [0, 0.05) is 44.5 Å². The zero-order chi connectivity index (χ0) is 16.6. The number of aromatic nitrogens is 3. The molecule has 2 aromatic rings. The molecule has 7 heteroatoms. The summed E-state index contributed by atoms with van der Waals surface area (Å²) in [6.45, 7) is 3.08. The minimum Gasteiger partial charge on any atom is -0.477 e. The molecule has 0 N–H and O–H groups in total. The monoisotopic (exact) mass is 328 g/mol. The second kappa shape index (κ2) is 5.90. The number of carbonyl (C=O) groups is 1. The largest absolute Gasteiger partial charge is 0.477 e. The van der Waals surface area contributed by atoms with Crippen LogP contribution in [0.3, 0.4) is 0 Å². The van der Waals surface area contributed by atoms with Crippen LogP contribution in [0.25, 0.3) is 0 Å². The molecule has 0 spiro atoms. The van der Waals surface area contributed by atoms with Crippen molar-refractivity contribution in [2.24, 2.45) is 18.4 Å². The molecule has 2 fully saturated rings. The average Bonchev–Trinajstić information content (AvgIpc) is 3.27. The molecule has 126 valence electrons. The number of aryl methyl sites for hydroxylation is 1. The van der Waals surface area contributed by atoms with Gasteiger partial charge in [-0.05, 0) is 12.1 Å². The highest BCUT2D eigenvalue weighted by Crippen LogP contribution is 2.42. The quantitative estimate of drug-likeness (QED) is 0.837. The van der Waals surface area contributed by atoms with Gasteiger partial charge >= 0.3 is 0 Å².